The van der Waals surface area contributed by atoms with Crippen LogP contribution in [0, 0.1) is 0 Å². The van der Waals surface area contributed by atoms with Crippen molar-refractivity contribution >= 4 is 33.2 Å². The molecule has 3 rings (SSSR count). The third-order valence-electron chi connectivity index (χ3n) is 5.07. The fourth-order valence-corrected chi connectivity index (χ4v) is 5.48. The molecular formula is C24H28N4O3S2. The average molecular weight is 485 g/mol. The maximum atomic E-state index is 12.9. The van der Waals surface area contributed by atoms with Gasteiger partial charge in [0, 0.05) is 12.2 Å². The molecule has 1 N–H and O–H groups in total. The second-order valence-corrected chi connectivity index (χ2v) is 10.6. The Morgan fingerprint density at radius 3 is 2.42 bits per heavy atom. The Bertz CT molecular complexity index is 1190. The Morgan fingerprint density at radius 2 is 1.82 bits per heavy atom. The van der Waals surface area contributed by atoms with E-state index in [2.05, 4.69) is 29.0 Å². The van der Waals surface area contributed by atoms with E-state index in [0.717, 1.165) is 12.1 Å². The van der Waals surface area contributed by atoms with E-state index in [9.17, 15) is 13.2 Å². The van der Waals surface area contributed by atoms with Crippen molar-refractivity contribution in [2.75, 3.05) is 5.32 Å². The van der Waals surface area contributed by atoms with Crippen molar-refractivity contribution in [1.29, 1.82) is 0 Å². The number of allylic oxidation sites excluding steroid dienone is 1. The molecule has 0 saturated heterocycles. The lowest BCUT2D eigenvalue weighted by Gasteiger charge is -2.15. The van der Waals surface area contributed by atoms with Gasteiger partial charge in [-0.1, -0.05) is 62.0 Å². The molecule has 2 aromatic carbocycles. The fraction of sp³-hybridized carbons (Fsp3) is 0.292. The number of hydrogen-bond donors (Lipinski definition) is 1. The van der Waals surface area contributed by atoms with Gasteiger partial charge in [-0.15, -0.1) is 16.8 Å². The second kappa shape index (κ2) is 11.3. The zero-order chi connectivity index (χ0) is 23.8. The molecule has 1 amide bonds. The zero-order valence-electron chi connectivity index (χ0n) is 18.8. The fourth-order valence-electron chi connectivity index (χ4n) is 3.20. The number of nitrogens with zero attached hydrogens (tertiary/aromatic N) is 3. The highest BCUT2D eigenvalue weighted by molar-refractivity contribution is 8.00. The number of amides is 1. The van der Waals surface area contributed by atoms with E-state index in [1.165, 1.54) is 17.3 Å². The van der Waals surface area contributed by atoms with Gasteiger partial charge in [-0.3, -0.25) is 4.79 Å². The molecule has 0 fully saturated rings. The number of hydrogen-bond acceptors (Lipinski definition) is 6. The molecule has 174 valence electrons. The summed E-state index contributed by atoms with van der Waals surface area (Å²) in [6.45, 7) is 8.10. The second-order valence-electron chi connectivity index (χ2n) is 7.42. The van der Waals surface area contributed by atoms with E-state index >= 15 is 0 Å². The molecular weight excluding hydrogens is 456 g/mol. The van der Waals surface area contributed by atoms with Crippen LogP contribution in [-0.2, 0) is 33.4 Å². The molecule has 1 aromatic heterocycles. The summed E-state index contributed by atoms with van der Waals surface area (Å²) in [5, 5.41) is 11.3. The predicted molar refractivity (Wildman–Crippen MR) is 132 cm³/mol. The highest BCUT2D eigenvalue weighted by Crippen LogP contribution is 2.27. The van der Waals surface area contributed by atoms with Gasteiger partial charge >= 0.3 is 0 Å². The van der Waals surface area contributed by atoms with Crippen molar-refractivity contribution in [2.24, 2.45) is 0 Å². The molecule has 0 radical (unpaired) electrons. The van der Waals surface area contributed by atoms with Crippen molar-refractivity contribution in [3.63, 3.8) is 0 Å². The van der Waals surface area contributed by atoms with Crippen LogP contribution in [0.5, 0.6) is 0 Å². The van der Waals surface area contributed by atoms with Crippen LogP contribution in [0.25, 0.3) is 0 Å². The van der Waals surface area contributed by atoms with Crippen molar-refractivity contribution in [3.8, 4) is 0 Å². The first-order valence-corrected chi connectivity index (χ1v) is 13.3. The quantitative estimate of drug-likeness (QED) is 0.318. The van der Waals surface area contributed by atoms with Crippen LogP contribution >= 0.6 is 11.8 Å². The summed E-state index contributed by atoms with van der Waals surface area (Å²) >= 11 is 1.27. The van der Waals surface area contributed by atoms with Crippen molar-refractivity contribution in [3.05, 3.63) is 78.6 Å². The summed E-state index contributed by atoms with van der Waals surface area (Å²) in [5.41, 5.74) is 1.93. The van der Waals surface area contributed by atoms with Gasteiger partial charge in [0.2, 0.25) is 5.91 Å². The van der Waals surface area contributed by atoms with Crippen molar-refractivity contribution < 1.29 is 13.2 Å². The number of nitrogens with one attached hydrogen (secondary N) is 1. The Morgan fingerprint density at radius 1 is 1.12 bits per heavy atom. The van der Waals surface area contributed by atoms with Crippen LogP contribution < -0.4 is 5.32 Å². The molecule has 0 aliphatic carbocycles. The first-order valence-electron chi connectivity index (χ1n) is 10.7. The largest absolute Gasteiger partial charge is 0.325 e. The maximum Gasteiger partial charge on any atom is 0.237 e. The Balaban J connectivity index is 1.78. The smallest absolute Gasteiger partial charge is 0.237 e. The molecule has 0 aliphatic heterocycles. The van der Waals surface area contributed by atoms with Crippen molar-refractivity contribution in [1.82, 2.24) is 14.8 Å². The van der Waals surface area contributed by atoms with Crippen LogP contribution in [0.4, 0.5) is 5.69 Å². The van der Waals surface area contributed by atoms with Gasteiger partial charge in [0.15, 0.2) is 15.0 Å². The number of benzene rings is 2. The minimum Gasteiger partial charge on any atom is -0.325 e. The third-order valence-corrected chi connectivity index (χ3v) is 8.04. The molecule has 1 heterocycles. The van der Waals surface area contributed by atoms with Gasteiger partial charge in [0.1, 0.15) is 11.6 Å². The van der Waals surface area contributed by atoms with E-state index < -0.39 is 15.1 Å². The standard InChI is InChI=1S/C24H28N4O3S2/c1-4-16-28-22(17-33(30,31)20-10-8-7-9-11-20)26-27-24(28)32-21(6-3)23(29)25-19-14-12-18(5-2)13-15-19/h4,7-15,21H,1,5-6,16-17H2,2-3H3,(H,25,29). The third kappa shape index (κ3) is 6.33. The van der Waals surface area contributed by atoms with Crippen LogP contribution in [0.3, 0.4) is 0 Å². The number of carbonyl (C=O) groups is 1. The van der Waals surface area contributed by atoms with Crippen LogP contribution in [0.15, 0.2) is 77.3 Å². The summed E-state index contributed by atoms with van der Waals surface area (Å²) in [4.78, 5) is 13.1. The number of anilines is 1. The lowest BCUT2D eigenvalue weighted by Crippen LogP contribution is -2.25. The highest BCUT2D eigenvalue weighted by Gasteiger charge is 2.25. The average Bonchev–Trinajstić information content (AvgIpc) is 3.18. The van der Waals surface area contributed by atoms with Crippen LogP contribution in [-0.4, -0.2) is 34.3 Å². The normalized spacial score (nSPS) is 12.3. The molecule has 7 nitrogen and oxygen atoms in total. The van der Waals surface area contributed by atoms with E-state index in [-0.39, 0.29) is 16.6 Å². The summed E-state index contributed by atoms with van der Waals surface area (Å²) < 4.78 is 27.3. The first-order chi connectivity index (χ1) is 15.9. The van der Waals surface area contributed by atoms with Gasteiger partial charge in [0.05, 0.1) is 10.1 Å². The highest BCUT2D eigenvalue weighted by atomic mass is 32.2. The van der Waals surface area contributed by atoms with E-state index in [1.54, 1.807) is 41.0 Å². The Hall–Kier alpha value is -2.91. The number of aryl methyl sites for hydroxylation is 1. The maximum absolute atomic E-state index is 12.9. The monoisotopic (exact) mass is 484 g/mol. The number of aromatic nitrogens is 3. The number of carbonyl (C=O) groups excluding carboxylic acids is 1. The molecule has 0 bridgehead atoms. The Kier molecular flexibility index (Phi) is 8.46. The van der Waals surface area contributed by atoms with Crippen molar-refractivity contribution in [2.45, 2.75) is 54.3 Å². The van der Waals surface area contributed by atoms with E-state index in [0.29, 0.717) is 23.9 Å². The summed E-state index contributed by atoms with van der Waals surface area (Å²) in [6.07, 6.45) is 3.16. The summed E-state index contributed by atoms with van der Waals surface area (Å²) in [5.74, 6) is -0.115. The lowest BCUT2D eigenvalue weighted by molar-refractivity contribution is -0.115. The minimum atomic E-state index is -3.58. The molecule has 1 unspecified atom stereocenters. The van der Waals surface area contributed by atoms with Gasteiger partial charge in [-0.25, -0.2) is 8.42 Å². The molecule has 33 heavy (non-hydrogen) atoms. The molecule has 0 saturated carbocycles. The van der Waals surface area contributed by atoms with Crippen LogP contribution in [0.2, 0.25) is 0 Å². The Labute approximate surface area is 199 Å². The SMILES string of the molecule is C=CCn1c(CS(=O)(=O)c2ccccc2)nnc1SC(CC)C(=O)Nc1ccc(CC)cc1. The van der Waals surface area contributed by atoms with Gasteiger partial charge < -0.3 is 9.88 Å². The molecule has 3 aromatic rings. The van der Waals surface area contributed by atoms with E-state index in [1.807, 2.05) is 31.2 Å². The predicted octanol–water partition coefficient (Wildman–Crippen LogP) is 4.51. The van der Waals surface area contributed by atoms with E-state index in [4.69, 9.17) is 0 Å². The number of thioether (sulfide) groups is 1. The minimum absolute atomic E-state index is 0.140. The van der Waals surface area contributed by atoms with Gasteiger partial charge in [-0.05, 0) is 42.7 Å². The summed E-state index contributed by atoms with van der Waals surface area (Å²) in [7, 11) is -3.58. The summed E-state index contributed by atoms with van der Waals surface area (Å²) in [6, 6.07) is 16.0. The molecule has 9 heteroatoms. The van der Waals surface area contributed by atoms with Gasteiger partial charge in [0.25, 0.3) is 0 Å². The van der Waals surface area contributed by atoms with Crippen LogP contribution in [0.1, 0.15) is 31.7 Å². The topological polar surface area (TPSA) is 93.9 Å². The number of sulfone groups is 1. The van der Waals surface area contributed by atoms with Gasteiger partial charge in [-0.2, -0.15) is 0 Å². The zero-order valence-corrected chi connectivity index (χ0v) is 20.4. The molecule has 0 aliphatic rings. The first kappa shape index (κ1) is 24.7. The molecule has 0 spiro atoms. The lowest BCUT2D eigenvalue weighted by atomic mass is 10.1. The molecule has 1 atom stereocenters. The number of rotatable bonds is 11.